The molecule has 37 heavy (non-hydrogen) atoms. The van der Waals surface area contributed by atoms with Crippen molar-refractivity contribution < 1.29 is 19.0 Å². The lowest BCUT2D eigenvalue weighted by atomic mass is 10.1. The van der Waals surface area contributed by atoms with Gasteiger partial charge < -0.3 is 14.2 Å². The number of hydrazone groups is 1. The van der Waals surface area contributed by atoms with Gasteiger partial charge >= 0.3 is 0 Å². The zero-order chi connectivity index (χ0) is 26.2. The molecule has 0 saturated carbocycles. The highest BCUT2D eigenvalue weighted by Crippen LogP contribution is 2.34. The minimum atomic E-state index is -0.392. The molecule has 0 fully saturated rings. The fraction of sp³-hybridized carbons (Fsp3) is 0.138. The van der Waals surface area contributed by atoms with E-state index in [9.17, 15) is 10.1 Å². The Labute approximate surface area is 223 Å². The quantitative estimate of drug-likeness (QED) is 0.194. The van der Waals surface area contributed by atoms with Crippen molar-refractivity contribution in [2.24, 2.45) is 5.10 Å². The number of benzene rings is 4. The second-order valence-electron chi connectivity index (χ2n) is 7.91. The second kappa shape index (κ2) is 12.1. The predicted octanol–water partition coefficient (Wildman–Crippen LogP) is 6.22. The van der Waals surface area contributed by atoms with Gasteiger partial charge in [-0.3, -0.25) is 4.79 Å². The molecule has 0 spiro atoms. The number of methoxy groups -OCH3 is 1. The molecule has 0 bridgehead atoms. The van der Waals surface area contributed by atoms with Crippen LogP contribution in [0, 0.1) is 11.3 Å². The predicted molar refractivity (Wildman–Crippen MR) is 146 cm³/mol. The highest BCUT2D eigenvalue weighted by Gasteiger charge is 2.14. The molecule has 0 radical (unpaired) electrons. The summed E-state index contributed by atoms with van der Waals surface area (Å²) in [6, 6.07) is 24.3. The molecule has 7 nitrogen and oxygen atoms in total. The number of carbonyl (C=O) groups is 1. The monoisotopic (exact) mass is 557 g/mol. The third-order valence-electron chi connectivity index (χ3n) is 5.57. The molecule has 8 heteroatoms. The number of carbonyl (C=O) groups excluding carboxylic acids is 1. The van der Waals surface area contributed by atoms with E-state index >= 15 is 0 Å². The van der Waals surface area contributed by atoms with Gasteiger partial charge in [0, 0.05) is 15.6 Å². The number of nitrogens with one attached hydrogen (secondary N) is 1. The summed E-state index contributed by atoms with van der Waals surface area (Å²) in [7, 11) is 1.53. The maximum atomic E-state index is 12.9. The Kier molecular flexibility index (Phi) is 8.39. The van der Waals surface area contributed by atoms with E-state index in [1.54, 1.807) is 24.3 Å². The van der Waals surface area contributed by atoms with Crippen molar-refractivity contribution in [1.29, 1.82) is 5.26 Å². The van der Waals surface area contributed by atoms with Crippen molar-refractivity contribution in [3.63, 3.8) is 0 Å². The SMILES string of the molecule is CCOc1cc(/C=N\NC(=O)c2cc3ccccc3cc2OC)c(Br)cc1OCc1ccccc1C#N. The summed E-state index contributed by atoms with van der Waals surface area (Å²) in [5.74, 6) is 1.11. The smallest absolute Gasteiger partial charge is 0.275 e. The number of hydrogen-bond donors (Lipinski definition) is 1. The topological polar surface area (TPSA) is 92.9 Å². The molecule has 4 aromatic carbocycles. The van der Waals surface area contributed by atoms with Gasteiger partial charge in [0.25, 0.3) is 5.91 Å². The van der Waals surface area contributed by atoms with Crippen LogP contribution in [-0.4, -0.2) is 25.8 Å². The molecular formula is C29H24BrN3O4. The van der Waals surface area contributed by atoms with Gasteiger partial charge in [0.15, 0.2) is 11.5 Å². The summed E-state index contributed by atoms with van der Waals surface area (Å²) >= 11 is 3.54. The molecule has 0 unspecified atom stereocenters. The lowest BCUT2D eigenvalue weighted by molar-refractivity contribution is 0.0952. The van der Waals surface area contributed by atoms with Crippen LogP contribution in [0.2, 0.25) is 0 Å². The maximum Gasteiger partial charge on any atom is 0.275 e. The number of amides is 1. The average molecular weight is 558 g/mol. The third-order valence-corrected chi connectivity index (χ3v) is 6.25. The molecular weight excluding hydrogens is 534 g/mol. The number of nitriles is 1. The van der Waals surface area contributed by atoms with Crippen LogP contribution in [0.5, 0.6) is 17.2 Å². The van der Waals surface area contributed by atoms with Gasteiger partial charge in [-0.15, -0.1) is 0 Å². The highest BCUT2D eigenvalue weighted by atomic mass is 79.9. The summed E-state index contributed by atoms with van der Waals surface area (Å²) in [5, 5.41) is 15.4. The minimum Gasteiger partial charge on any atom is -0.496 e. The zero-order valence-corrected chi connectivity index (χ0v) is 21.9. The van der Waals surface area contributed by atoms with Crippen LogP contribution in [0.15, 0.2) is 82.4 Å². The van der Waals surface area contributed by atoms with Gasteiger partial charge in [-0.25, -0.2) is 5.43 Å². The number of rotatable bonds is 9. The molecule has 1 amide bonds. The number of hydrogen-bond acceptors (Lipinski definition) is 6. The Bertz CT molecular complexity index is 1510. The van der Waals surface area contributed by atoms with Crippen molar-refractivity contribution in [3.8, 4) is 23.3 Å². The fourth-order valence-electron chi connectivity index (χ4n) is 3.73. The average Bonchev–Trinajstić information content (AvgIpc) is 2.93. The highest BCUT2D eigenvalue weighted by molar-refractivity contribution is 9.10. The van der Waals surface area contributed by atoms with Crippen LogP contribution >= 0.6 is 15.9 Å². The first-order valence-corrected chi connectivity index (χ1v) is 12.3. The van der Waals surface area contributed by atoms with Crippen LogP contribution in [0.3, 0.4) is 0 Å². The van der Waals surface area contributed by atoms with Gasteiger partial charge in [0.1, 0.15) is 12.4 Å². The van der Waals surface area contributed by atoms with Gasteiger partial charge in [0.2, 0.25) is 0 Å². The summed E-state index contributed by atoms with van der Waals surface area (Å²) in [5.41, 5.74) is 4.97. The fourth-order valence-corrected chi connectivity index (χ4v) is 4.15. The van der Waals surface area contributed by atoms with Crippen molar-refractivity contribution in [1.82, 2.24) is 5.43 Å². The third kappa shape index (κ3) is 6.08. The molecule has 0 heterocycles. The summed E-state index contributed by atoms with van der Waals surface area (Å²) in [6.45, 7) is 2.52. The van der Waals surface area contributed by atoms with Crippen LogP contribution < -0.4 is 19.6 Å². The van der Waals surface area contributed by atoms with E-state index in [1.807, 2.05) is 55.5 Å². The summed E-state index contributed by atoms with van der Waals surface area (Å²) in [4.78, 5) is 12.9. The zero-order valence-electron chi connectivity index (χ0n) is 20.3. The first kappa shape index (κ1) is 25.7. The lowest BCUT2D eigenvalue weighted by Gasteiger charge is -2.14. The molecule has 4 aromatic rings. The standard InChI is InChI=1S/C29H24BrN3O4/c1-3-36-27-14-23(25(30)15-28(27)37-18-22-11-7-6-10-21(22)16-31)17-32-33-29(34)24-12-19-8-4-5-9-20(19)13-26(24)35-2/h4-15,17H,3,18H2,1-2H3,(H,33,34)/b32-17-. The van der Waals surface area contributed by atoms with Crippen LogP contribution in [0.4, 0.5) is 0 Å². The Morgan fingerprint density at radius 1 is 1.00 bits per heavy atom. The van der Waals surface area contributed by atoms with Crippen molar-refractivity contribution in [2.75, 3.05) is 13.7 Å². The van der Waals surface area contributed by atoms with Crippen molar-refractivity contribution >= 4 is 38.8 Å². The van der Waals surface area contributed by atoms with E-state index in [-0.39, 0.29) is 6.61 Å². The Morgan fingerprint density at radius 3 is 2.43 bits per heavy atom. The number of nitrogens with zero attached hydrogens (tertiary/aromatic N) is 2. The molecule has 0 aliphatic heterocycles. The van der Waals surface area contributed by atoms with Crippen LogP contribution in [0.1, 0.15) is 34.0 Å². The molecule has 0 atom stereocenters. The van der Waals surface area contributed by atoms with Crippen molar-refractivity contribution in [3.05, 3.63) is 99.5 Å². The normalized spacial score (nSPS) is 10.8. The van der Waals surface area contributed by atoms with Crippen molar-refractivity contribution in [2.45, 2.75) is 13.5 Å². The Morgan fingerprint density at radius 2 is 1.70 bits per heavy atom. The molecule has 0 saturated heterocycles. The Hall–Kier alpha value is -4.35. The number of fused-ring (bicyclic) bond motifs is 1. The number of halogens is 1. The second-order valence-corrected chi connectivity index (χ2v) is 8.76. The largest absolute Gasteiger partial charge is 0.496 e. The summed E-state index contributed by atoms with van der Waals surface area (Å²) in [6.07, 6.45) is 1.52. The van der Waals surface area contributed by atoms with Gasteiger partial charge in [0.05, 0.1) is 37.1 Å². The first-order valence-electron chi connectivity index (χ1n) is 11.5. The molecule has 4 rings (SSSR count). The van der Waals surface area contributed by atoms with E-state index in [0.717, 1.165) is 16.3 Å². The first-order chi connectivity index (χ1) is 18.0. The molecule has 186 valence electrons. The molecule has 0 aliphatic rings. The van der Waals surface area contributed by atoms with Crippen LogP contribution in [0.25, 0.3) is 10.8 Å². The van der Waals surface area contributed by atoms with Crippen LogP contribution in [-0.2, 0) is 6.61 Å². The van der Waals surface area contributed by atoms with E-state index in [4.69, 9.17) is 14.2 Å². The van der Waals surface area contributed by atoms with E-state index in [1.165, 1.54) is 13.3 Å². The maximum absolute atomic E-state index is 12.9. The number of ether oxygens (including phenoxy) is 3. The molecule has 0 aliphatic carbocycles. The summed E-state index contributed by atoms with van der Waals surface area (Å²) < 4.78 is 17.9. The van der Waals surface area contributed by atoms with E-state index < -0.39 is 5.91 Å². The van der Waals surface area contributed by atoms with Gasteiger partial charge in [-0.2, -0.15) is 10.4 Å². The Balaban J connectivity index is 1.52. The van der Waals surface area contributed by atoms with E-state index in [2.05, 4.69) is 32.5 Å². The molecule has 0 aromatic heterocycles. The lowest BCUT2D eigenvalue weighted by Crippen LogP contribution is -2.18. The minimum absolute atomic E-state index is 0.216. The van der Waals surface area contributed by atoms with Gasteiger partial charge in [-0.05, 0) is 64.0 Å². The molecule has 1 N–H and O–H groups in total. The van der Waals surface area contributed by atoms with Gasteiger partial charge in [-0.1, -0.05) is 42.5 Å². The van der Waals surface area contributed by atoms with E-state index in [0.29, 0.717) is 45.0 Å².